The minimum Gasteiger partial charge on any atom is -0.299 e. The third kappa shape index (κ3) is 3.20. The van der Waals surface area contributed by atoms with Gasteiger partial charge >= 0.3 is 0 Å². The molecule has 12 heavy (non-hydrogen) atoms. The Bertz CT molecular complexity index is 213. The van der Waals surface area contributed by atoms with Crippen LogP contribution in [0.15, 0.2) is 24.4 Å². The fourth-order valence-corrected chi connectivity index (χ4v) is 1.28. The zero-order valence-corrected chi connectivity index (χ0v) is 7.96. The molecule has 0 aliphatic carbocycles. The van der Waals surface area contributed by atoms with Crippen LogP contribution in [0.3, 0.4) is 0 Å². The van der Waals surface area contributed by atoms with Gasteiger partial charge in [-0.3, -0.25) is 9.88 Å². The zero-order valence-electron chi connectivity index (χ0n) is 7.20. The van der Waals surface area contributed by atoms with Gasteiger partial charge in [0.05, 0.1) is 5.69 Å². The predicted octanol–water partition coefficient (Wildman–Crippen LogP) is 1.75. The third-order valence-corrected chi connectivity index (χ3v) is 1.79. The minimum absolute atomic E-state index is 0.670. The van der Waals surface area contributed by atoms with E-state index in [1.807, 2.05) is 31.4 Å². The summed E-state index contributed by atoms with van der Waals surface area (Å²) in [4.78, 5) is 6.36. The summed E-state index contributed by atoms with van der Waals surface area (Å²) in [5.41, 5.74) is 1.09. The van der Waals surface area contributed by atoms with Crippen LogP contribution < -0.4 is 0 Å². The van der Waals surface area contributed by atoms with Gasteiger partial charge in [0.15, 0.2) is 0 Å². The Labute approximate surface area is 78.2 Å². The summed E-state index contributed by atoms with van der Waals surface area (Å²) in [5.74, 6) is 0.670. The molecule has 0 fully saturated rings. The third-order valence-electron chi connectivity index (χ3n) is 1.62. The molecular formula is C9H13ClN2. The van der Waals surface area contributed by atoms with Gasteiger partial charge in [0.25, 0.3) is 0 Å². The Balaban J connectivity index is 2.41. The minimum atomic E-state index is 0.670. The van der Waals surface area contributed by atoms with Crippen LogP contribution >= 0.6 is 11.6 Å². The van der Waals surface area contributed by atoms with Crippen molar-refractivity contribution < 1.29 is 0 Å². The first kappa shape index (κ1) is 9.49. The van der Waals surface area contributed by atoms with Gasteiger partial charge < -0.3 is 0 Å². The molecule has 0 aliphatic heterocycles. The summed E-state index contributed by atoms with van der Waals surface area (Å²) < 4.78 is 0. The molecule has 0 unspecified atom stereocenters. The van der Waals surface area contributed by atoms with Crippen LogP contribution in [-0.2, 0) is 6.54 Å². The second kappa shape index (κ2) is 5.12. The molecule has 0 saturated heterocycles. The summed E-state index contributed by atoms with van der Waals surface area (Å²) in [6, 6.07) is 5.94. The Morgan fingerprint density at radius 3 is 2.92 bits per heavy atom. The lowest BCUT2D eigenvalue weighted by Crippen LogP contribution is -2.20. The molecule has 2 nitrogen and oxygen atoms in total. The van der Waals surface area contributed by atoms with Gasteiger partial charge in [-0.1, -0.05) is 6.07 Å². The Kier molecular flexibility index (Phi) is 4.05. The van der Waals surface area contributed by atoms with Crippen molar-refractivity contribution in [2.45, 2.75) is 6.54 Å². The molecule has 0 amide bonds. The number of aromatic nitrogens is 1. The number of alkyl halides is 1. The Morgan fingerprint density at radius 1 is 1.50 bits per heavy atom. The van der Waals surface area contributed by atoms with Crippen molar-refractivity contribution in [3.05, 3.63) is 30.1 Å². The molecule has 0 aliphatic rings. The van der Waals surface area contributed by atoms with Gasteiger partial charge in [0.2, 0.25) is 0 Å². The van der Waals surface area contributed by atoms with Gasteiger partial charge in [0.1, 0.15) is 0 Å². The van der Waals surface area contributed by atoms with E-state index >= 15 is 0 Å². The highest BCUT2D eigenvalue weighted by Gasteiger charge is 1.98. The van der Waals surface area contributed by atoms with Crippen molar-refractivity contribution in [2.24, 2.45) is 0 Å². The highest BCUT2D eigenvalue weighted by atomic mass is 35.5. The maximum absolute atomic E-state index is 5.60. The molecule has 0 N–H and O–H groups in total. The summed E-state index contributed by atoms with van der Waals surface area (Å²) in [6.07, 6.45) is 1.81. The maximum Gasteiger partial charge on any atom is 0.0543 e. The van der Waals surface area contributed by atoms with Crippen LogP contribution in [0, 0.1) is 0 Å². The van der Waals surface area contributed by atoms with E-state index in [-0.39, 0.29) is 0 Å². The van der Waals surface area contributed by atoms with Crippen molar-refractivity contribution in [3.63, 3.8) is 0 Å². The van der Waals surface area contributed by atoms with Gasteiger partial charge in [-0.05, 0) is 19.2 Å². The molecular weight excluding hydrogens is 172 g/mol. The van der Waals surface area contributed by atoms with E-state index < -0.39 is 0 Å². The quantitative estimate of drug-likeness (QED) is 0.663. The fourth-order valence-electron chi connectivity index (χ4n) is 0.992. The first-order chi connectivity index (χ1) is 5.83. The highest BCUT2D eigenvalue weighted by Crippen LogP contribution is 1.98. The fraction of sp³-hybridized carbons (Fsp3) is 0.444. The average Bonchev–Trinajstić information content (AvgIpc) is 2.06. The van der Waals surface area contributed by atoms with Gasteiger partial charge in [-0.2, -0.15) is 0 Å². The first-order valence-corrected chi connectivity index (χ1v) is 4.51. The van der Waals surface area contributed by atoms with Crippen molar-refractivity contribution >= 4 is 11.6 Å². The van der Waals surface area contributed by atoms with E-state index in [1.165, 1.54) is 0 Å². The Morgan fingerprint density at radius 2 is 2.33 bits per heavy atom. The standard InChI is InChI=1S/C9H13ClN2/c1-12(7-5-10)8-9-4-2-3-6-11-9/h2-4,6H,5,7-8H2,1H3. The molecule has 0 aromatic carbocycles. The average molecular weight is 185 g/mol. The highest BCUT2D eigenvalue weighted by molar-refractivity contribution is 6.18. The lowest BCUT2D eigenvalue weighted by atomic mass is 10.3. The van der Waals surface area contributed by atoms with Crippen molar-refractivity contribution in [1.29, 1.82) is 0 Å². The molecule has 3 heteroatoms. The summed E-state index contributed by atoms with van der Waals surface area (Å²) in [7, 11) is 2.04. The molecule has 0 bridgehead atoms. The van der Waals surface area contributed by atoms with Crippen molar-refractivity contribution in [3.8, 4) is 0 Å². The van der Waals surface area contributed by atoms with Crippen LogP contribution in [0.2, 0.25) is 0 Å². The summed E-state index contributed by atoms with van der Waals surface area (Å²) >= 11 is 5.60. The number of halogens is 1. The second-order valence-electron chi connectivity index (χ2n) is 2.75. The summed E-state index contributed by atoms with van der Waals surface area (Å²) in [6.45, 7) is 1.77. The smallest absolute Gasteiger partial charge is 0.0543 e. The van der Waals surface area contributed by atoms with Crippen molar-refractivity contribution in [1.82, 2.24) is 9.88 Å². The zero-order chi connectivity index (χ0) is 8.81. The van der Waals surface area contributed by atoms with E-state index in [0.29, 0.717) is 5.88 Å². The van der Waals surface area contributed by atoms with E-state index in [2.05, 4.69) is 9.88 Å². The molecule has 1 aromatic rings. The van der Waals surface area contributed by atoms with E-state index in [4.69, 9.17) is 11.6 Å². The van der Waals surface area contributed by atoms with Crippen molar-refractivity contribution in [2.75, 3.05) is 19.5 Å². The number of hydrogen-bond donors (Lipinski definition) is 0. The van der Waals surface area contributed by atoms with Gasteiger partial charge in [0, 0.05) is 25.2 Å². The number of hydrogen-bond acceptors (Lipinski definition) is 2. The number of nitrogens with zero attached hydrogens (tertiary/aromatic N) is 2. The largest absolute Gasteiger partial charge is 0.299 e. The molecule has 1 aromatic heterocycles. The van der Waals surface area contributed by atoms with E-state index in [0.717, 1.165) is 18.8 Å². The lowest BCUT2D eigenvalue weighted by molar-refractivity contribution is 0.343. The molecule has 0 atom stereocenters. The SMILES string of the molecule is CN(CCCl)Cc1ccccn1. The van der Waals surface area contributed by atoms with Gasteiger partial charge in [-0.15, -0.1) is 11.6 Å². The maximum atomic E-state index is 5.60. The second-order valence-corrected chi connectivity index (χ2v) is 3.13. The van der Waals surface area contributed by atoms with Crippen LogP contribution in [0.1, 0.15) is 5.69 Å². The Hall–Kier alpha value is -0.600. The molecule has 1 rings (SSSR count). The lowest BCUT2D eigenvalue weighted by Gasteiger charge is -2.13. The topological polar surface area (TPSA) is 16.1 Å². The van der Waals surface area contributed by atoms with Crippen LogP contribution in [-0.4, -0.2) is 29.4 Å². The number of pyridine rings is 1. The molecule has 1 heterocycles. The molecule has 0 radical (unpaired) electrons. The molecule has 0 spiro atoms. The molecule has 66 valence electrons. The normalized spacial score (nSPS) is 10.6. The summed E-state index contributed by atoms with van der Waals surface area (Å²) in [5, 5.41) is 0. The predicted molar refractivity (Wildman–Crippen MR) is 51.3 cm³/mol. The van der Waals surface area contributed by atoms with Crippen LogP contribution in [0.5, 0.6) is 0 Å². The monoisotopic (exact) mass is 184 g/mol. The number of rotatable bonds is 4. The van der Waals surface area contributed by atoms with E-state index in [9.17, 15) is 0 Å². The first-order valence-electron chi connectivity index (χ1n) is 3.97. The van der Waals surface area contributed by atoms with Crippen LogP contribution in [0.25, 0.3) is 0 Å². The van der Waals surface area contributed by atoms with E-state index in [1.54, 1.807) is 0 Å². The molecule has 0 saturated carbocycles. The van der Waals surface area contributed by atoms with Gasteiger partial charge in [-0.25, -0.2) is 0 Å². The van der Waals surface area contributed by atoms with Crippen LogP contribution in [0.4, 0.5) is 0 Å².